The van der Waals surface area contributed by atoms with Gasteiger partial charge in [0.1, 0.15) is 21.3 Å². The number of likely N-dealkylation sites (tertiary alicyclic amines) is 1. The van der Waals surface area contributed by atoms with E-state index < -0.39 is 0 Å². The number of hydrogen-bond donors (Lipinski definition) is 0. The molecular formula is C24H29ClN4O2S. The lowest BCUT2D eigenvalue weighted by molar-refractivity contribution is 0.0531. The Morgan fingerprint density at radius 3 is 2.75 bits per heavy atom. The third-order valence-electron chi connectivity index (χ3n) is 5.76. The van der Waals surface area contributed by atoms with Crippen LogP contribution < -0.4 is 4.90 Å². The van der Waals surface area contributed by atoms with E-state index in [1.807, 2.05) is 39.1 Å². The first kappa shape index (κ1) is 23.0. The lowest BCUT2D eigenvalue weighted by Crippen LogP contribution is -2.30. The number of piperidine rings is 1. The van der Waals surface area contributed by atoms with E-state index in [9.17, 15) is 4.79 Å². The first-order chi connectivity index (χ1) is 15.5. The van der Waals surface area contributed by atoms with Crippen LogP contribution in [-0.2, 0) is 17.8 Å². The van der Waals surface area contributed by atoms with Crippen molar-refractivity contribution >= 4 is 44.9 Å². The van der Waals surface area contributed by atoms with Gasteiger partial charge in [-0.1, -0.05) is 30.2 Å². The van der Waals surface area contributed by atoms with Crippen LogP contribution >= 0.6 is 22.9 Å². The number of benzene rings is 1. The summed E-state index contributed by atoms with van der Waals surface area (Å²) in [6.07, 6.45) is 3.72. The van der Waals surface area contributed by atoms with E-state index in [1.54, 1.807) is 0 Å². The number of anilines is 1. The zero-order valence-corrected chi connectivity index (χ0v) is 20.4. The first-order valence-electron chi connectivity index (χ1n) is 11.1. The predicted octanol–water partition coefficient (Wildman–Crippen LogP) is 5.45. The number of carbonyl (C=O) groups is 1. The summed E-state index contributed by atoms with van der Waals surface area (Å²) in [5.74, 6) is 1.34. The Morgan fingerprint density at radius 1 is 1.25 bits per heavy atom. The Morgan fingerprint density at radius 2 is 2.03 bits per heavy atom. The highest BCUT2D eigenvalue weighted by molar-refractivity contribution is 7.20. The minimum absolute atomic E-state index is 0.297. The van der Waals surface area contributed by atoms with Gasteiger partial charge in [-0.2, -0.15) is 0 Å². The van der Waals surface area contributed by atoms with Crippen molar-refractivity contribution in [2.24, 2.45) is 0 Å². The molecule has 3 heterocycles. The largest absolute Gasteiger partial charge is 0.462 e. The number of carbonyl (C=O) groups excluding carboxylic acids is 1. The van der Waals surface area contributed by atoms with Gasteiger partial charge in [-0.15, -0.1) is 11.3 Å². The van der Waals surface area contributed by atoms with Crippen molar-refractivity contribution in [1.29, 1.82) is 0 Å². The number of halogens is 1. The second kappa shape index (κ2) is 10.1. The van der Waals surface area contributed by atoms with Crippen LogP contribution in [0.4, 0.5) is 5.82 Å². The summed E-state index contributed by atoms with van der Waals surface area (Å²) in [7, 11) is 2.02. The van der Waals surface area contributed by atoms with Gasteiger partial charge in [0.05, 0.1) is 18.5 Å². The van der Waals surface area contributed by atoms with Gasteiger partial charge in [-0.25, -0.2) is 14.8 Å². The maximum absolute atomic E-state index is 12.6. The summed E-state index contributed by atoms with van der Waals surface area (Å²) >= 11 is 7.59. The van der Waals surface area contributed by atoms with Gasteiger partial charge in [0.2, 0.25) is 0 Å². The molecule has 1 saturated heterocycles. The van der Waals surface area contributed by atoms with Crippen molar-refractivity contribution in [1.82, 2.24) is 14.9 Å². The Kier molecular flexibility index (Phi) is 7.28. The normalized spacial score (nSPS) is 14.6. The molecule has 0 unspecified atom stereocenters. The van der Waals surface area contributed by atoms with Crippen molar-refractivity contribution in [2.75, 3.05) is 31.6 Å². The number of fused-ring (bicyclic) bond motifs is 1. The van der Waals surface area contributed by atoms with Crippen molar-refractivity contribution in [3.8, 4) is 0 Å². The fourth-order valence-corrected chi connectivity index (χ4v) is 5.50. The highest BCUT2D eigenvalue weighted by atomic mass is 35.5. The van der Waals surface area contributed by atoms with Gasteiger partial charge in [-0.05, 0) is 63.0 Å². The molecule has 0 aliphatic carbocycles. The minimum atomic E-state index is -0.297. The number of esters is 1. The summed E-state index contributed by atoms with van der Waals surface area (Å²) in [5.41, 5.74) is 1.98. The smallest absolute Gasteiger partial charge is 0.348 e. The minimum Gasteiger partial charge on any atom is -0.462 e. The van der Waals surface area contributed by atoms with Crippen molar-refractivity contribution in [3.05, 3.63) is 51.1 Å². The van der Waals surface area contributed by atoms with Crippen LogP contribution in [0.5, 0.6) is 0 Å². The summed E-state index contributed by atoms with van der Waals surface area (Å²) in [4.78, 5) is 28.4. The summed E-state index contributed by atoms with van der Waals surface area (Å²) in [5, 5.41) is 1.64. The van der Waals surface area contributed by atoms with Gasteiger partial charge in [-0.3, -0.25) is 4.90 Å². The van der Waals surface area contributed by atoms with Gasteiger partial charge >= 0.3 is 5.97 Å². The van der Waals surface area contributed by atoms with E-state index in [2.05, 4.69) is 15.9 Å². The molecule has 1 aromatic carbocycles. The predicted molar refractivity (Wildman–Crippen MR) is 131 cm³/mol. The fourth-order valence-electron chi connectivity index (χ4n) is 4.20. The highest BCUT2D eigenvalue weighted by Crippen LogP contribution is 2.36. The maximum Gasteiger partial charge on any atom is 0.348 e. The zero-order chi connectivity index (χ0) is 22.7. The molecule has 2 aromatic heterocycles. The van der Waals surface area contributed by atoms with E-state index in [-0.39, 0.29) is 5.97 Å². The second-order valence-corrected chi connectivity index (χ2v) is 9.68. The third kappa shape index (κ3) is 5.05. The molecule has 0 amide bonds. The number of aryl methyl sites for hydroxylation is 1. The van der Waals surface area contributed by atoms with Crippen molar-refractivity contribution in [2.45, 2.75) is 46.2 Å². The molecular weight excluding hydrogens is 444 g/mol. The van der Waals surface area contributed by atoms with Crippen molar-refractivity contribution in [3.63, 3.8) is 0 Å². The Hall–Kier alpha value is -2.22. The van der Waals surface area contributed by atoms with Crippen LogP contribution in [0.2, 0.25) is 5.02 Å². The van der Waals surface area contributed by atoms with E-state index in [1.165, 1.54) is 30.6 Å². The van der Waals surface area contributed by atoms with Gasteiger partial charge < -0.3 is 9.64 Å². The van der Waals surface area contributed by atoms with Crippen LogP contribution in [0.25, 0.3) is 10.2 Å². The van der Waals surface area contributed by atoms with Crippen LogP contribution in [0, 0.1) is 6.92 Å². The quantitative estimate of drug-likeness (QED) is 0.426. The number of rotatable bonds is 7. The molecule has 1 aliphatic rings. The van der Waals surface area contributed by atoms with E-state index in [4.69, 9.17) is 26.3 Å². The SMILES string of the molecule is CCOC(=O)c1sc2nc(CN3CCCCC3)nc(N(C)Cc3cccc(Cl)c3)c2c1C. The van der Waals surface area contributed by atoms with Crippen LogP contribution in [0.15, 0.2) is 24.3 Å². The zero-order valence-electron chi connectivity index (χ0n) is 18.9. The molecule has 1 fully saturated rings. The monoisotopic (exact) mass is 472 g/mol. The molecule has 8 heteroatoms. The number of hydrogen-bond acceptors (Lipinski definition) is 7. The Bertz CT molecular complexity index is 1110. The topological polar surface area (TPSA) is 58.6 Å². The standard InChI is InChI=1S/C24H29ClN4O2S/c1-4-31-24(30)21-16(2)20-22(28(3)14-17-9-8-10-18(25)13-17)26-19(27-23(20)32-21)15-29-11-6-5-7-12-29/h8-10,13H,4-7,11-12,14-15H2,1-3H3. The van der Waals surface area contributed by atoms with Gasteiger partial charge in [0.25, 0.3) is 0 Å². The molecule has 0 N–H and O–H groups in total. The molecule has 0 saturated carbocycles. The number of aromatic nitrogens is 2. The number of thiophene rings is 1. The fraction of sp³-hybridized carbons (Fsp3) is 0.458. The van der Waals surface area contributed by atoms with Crippen LogP contribution in [0.3, 0.4) is 0 Å². The van der Waals surface area contributed by atoms with E-state index in [0.29, 0.717) is 23.1 Å². The third-order valence-corrected chi connectivity index (χ3v) is 7.16. The second-order valence-electron chi connectivity index (χ2n) is 8.24. The molecule has 170 valence electrons. The molecule has 4 rings (SSSR count). The molecule has 0 atom stereocenters. The molecule has 32 heavy (non-hydrogen) atoms. The van der Waals surface area contributed by atoms with Gasteiger partial charge in [0, 0.05) is 18.6 Å². The molecule has 0 spiro atoms. The van der Waals surface area contributed by atoms with E-state index >= 15 is 0 Å². The van der Waals surface area contributed by atoms with Crippen LogP contribution in [-0.4, -0.2) is 47.6 Å². The van der Waals surface area contributed by atoms with E-state index in [0.717, 1.165) is 52.6 Å². The van der Waals surface area contributed by atoms with Crippen LogP contribution in [0.1, 0.15) is 52.8 Å². The molecule has 1 aliphatic heterocycles. The average molecular weight is 473 g/mol. The Balaban J connectivity index is 1.74. The Labute approximate surface area is 198 Å². The maximum atomic E-state index is 12.6. The number of ether oxygens (including phenoxy) is 1. The average Bonchev–Trinajstić information content (AvgIpc) is 3.10. The van der Waals surface area contributed by atoms with Crippen molar-refractivity contribution < 1.29 is 9.53 Å². The number of nitrogens with zero attached hydrogens (tertiary/aromatic N) is 4. The summed E-state index contributed by atoms with van der Waals surface area (Å²) in [6, 6.07) is 7.85. The molecule has 3 aromatic rings. The lowest BCUT2D eigenvalue weighted by Gasteiger charge is -2.26. The van der Waals surface area contributed by atoms with Gasteiger partial charge in [0.15, 0.2) is 0 Å². The molecule has 0 radical (unpaired) electrons. The summed E-state index contributed by atoms with van der Waals surface area (Å²) in [6.45, 7) is 7.65. The first-order valence-corrected chi connectivity index (χ1v) is 12.3. The summed E-state index contributed by atoms with van der Waals surface area (Å²) < 4.78 is 5.29. The highest BCUT2D eigenvalue weighted by Gasteiger charge is 2.24. The lowest BCUT2D eigenvalue weighted by atomic mass is 10.1. The molecule has 6 nitrogen and oxygen atoms in total. The molecule has 0 bridgehead atoms.